The first-order valence-electron chi connectivity index (χ1n) is 3.82. The quantitative estimate of drug-likeness (QED) is 0.579. The second kappa shape index (κ2) is 3.57. The standard InChI is InChI=1S/C9H14O/c1-2-5-8-6-3-4-7-9(8)10/h2,6,9-10H,1,3-5,7H2/t9-/m1/s1. The molecule has 0 spiro atoms. The van der Waals surface area contributed by atoms with Crippen molar-refractivity contribution in [3.05, 3.63) is 24.3 Å². The van der Waals surface area contributed by atoms with E-state index >= 15 is 0 Å². The highest BCUT2D eigenvalue weighted by molar-refractivity contribution is 5.13. The zero-order chi connectivity index (χ0) is 7.40. The zero-order valence-electron chi connectivity index (χ0n) is 6.21. The summed E-state index contributed by atoms with van der Waals surface area (Å²) in [5.74, 6) is 0. The fourth-order valence-electron chi connectivity index (χ4n) is 1.31. The highest BCUT2D eigenvalue weighted by atomic mass is 16.3. The molecule has 0 radical (unpaired) electrons. The van der Waals surface area contributed by atoms with E-state index in [1.54, 1.807) is 0 Å². The van der Waals surface area contributed by atoms with Crippen molar-refractivity contribution in [2.75, 3.05) is 0 Å². The number of rotatable bonds is 2. The predicted molar refractivity (Wildman–Crippen MR) is 42.8 cm³/mol. The van der Waals surface area contributed by atoms with Gasteiger partial charge in [0.05, 0.1) is 6.10 Å². The first-order chi connectivity index (χ1) is 4.84. The Morgan fingerprint density at radius 2 is 2.60 bits per heavy atom. The summed E-state index contributed by atoms with van der Waals surface area (Å²) in [6.45, 7) is 3.64. The molecule has 1 aliphatic carbocycles. The summed E-state index contributed by atoms with van der Waals surface area (Å²) in [7, 11) is 0. The molecule has 0 unspecified atom stereocenters. The van der Waals surface area contributed by atoms with Crippen LogP contribution in [-0.4, -0.2) is 11.2 Å². The normalized spacial score (nSPS) is 25.7. The van der Waals surface area contributed by atoms with Crippen LogP contribution in [0.15, 0.2) is 24.3 Å². The van der Waals surface area contributed by atoms with E-state index in [1.165, 1.54) is 0 Å². The van der Waals surface area contributed by atoms with E-state index in [9.17, 15) is 5.11 Å². The van der Waals surface area contributed by atoms with Gasteiger partial charge in [-0.05, 0) is 31.3 Å². The van der Waals surface area contributed by atoms with Crippen LogP contribution in [0.25, 0.3) is 0 Å². The molecule has 1 N–H and O–H groups in total. The highest BCUT2D eigenvalue weighted by Gasteiger charge is 2.12. The topological polar surface area (TPSA) is 20.2 Å². The van der Waals surface area contributed by atoms with E-state index in [0.717, 1.165) is 31.3 Å². The second-order valence-corrected chi connectivity index (χ2v) is 2.72. The fraction of sp³-hybridized carbons (Fsp3) is 0.556. The van der Waals surface area contributed by atoms with Gasteiger partial charge in [0.25, 0.3) is 0 Å². The molecule has 0 saturated carbocycles. The SMILES string of the molecule is C=CCC1=CCCC[C@H]1O. The molecule has 0 bridgehead atoms. The molecule has 1 aliphatic rings. The van der Waals surface area contributed by atoms with Gasteiger partial charge in [-0.3, -0.25) is 0 Å². The summed E-state index contributed by atoms with van der Waals surface area (Å²) in [6, 6.07) is 0. The van der Waals surface area contributed by atoms with Crippen LogP contribution < -0.4 is 0 Å². The van der Waals surface area contributed by atoms with Gasteiger partial charge >= 0.3 is 0 Å². The Morgan fingerprint density at radius 3 is 3.20 bits per heavy atom. The largest absolute Gasteiger partial charge is 0.389 e. The van der Waals surface area contributed by atoms with Crippen molar-refractivity contribution in [3.63, 3.8) is 0 Å². The Labute approximate surface area is 62.1 Å². The molecule has 0 heterocycles. The van der Waals surface area contributed by atoms with E-state index in [4.69, 9.17) is 0 Å². The molecule has 10 heavy (non-hydrogen) atoms. The van der Waals surface area contributed by atoms with Gasteiger partial charge in [0.1, 0.15) is 0 Å². The Morgan fingerprint density at radius 1 is 1.80 bits per heavy atom. The molecule has 56 valence electrons. The minimum absolute atomic E-state index is 0.188. The van der Waals surface area contributed by atoms with Gasteiger partial charge in [-0.1, -0.05) is 12.2 Å². The number of aliphatic hydroxyl groups is 1. The van der Waals surface area contributed by atoms with Crippen LogP contribution in [0.1, 0.15) is 25.7 Å². The van der Waals surface area contributed by atoms with Gasteiger partial charge in [0.15, 0.2) is 0 Å². The monoisotopic (exact) mass is 138 g/mol. The van der Waals surface area contributed by atoms with Gasteiger partial charge in [-0.25, -0.2) is 0 Å². The lowest BCUT2D eigenvalue weighted by Crippen LogP contribution is -2.12. The van der Waals surface area contributed by atoms with Crippen LogP contribution in [0.4, 0.5) is 0 Å². The van der Waals surface area contributed by atoms with E-state index in [2.05, 4.69) is 12.7 Å². The van der Waals surface area contributed by atoms with Crippen molar-refractivity contribution in [2.24, 2.45) is 0 Å². The molecule has 1 nitrogen and oxygen atoms in total. The Kier molecular flexibility index (Phi) is 2.69. The molecular weight excluding hydrogens is 124 g/mol. The Balaban J connectivity index is 2.52. The number of allylic oxidation sites excluding steroid dienone is 2. The molecule has 1 rings (SSSR count). The van der Waals surface area contributed by atoms with Crippen molar-refractivity contribution in [2.45, 2.75) is 31.8 Å². The Hall–Kier alpha value is -0.560. The van der Waals surface area contributed by atoms with E-state index < -0.39 is 0 Å². The van der Waals surface area contributed by atoms with Crippen LogP contribution in [0, 0.1) is 0 Å². The third-order valence-electron chi connectivity index (χ3n) is 1.90. The minimum Gasteiger partial charge on any atom is -0.389 e. The molecule has 0 saturated heterocycles. The van der Waals surface area contributed by atoms with Gasteiger partial charge in [0.2, 0.25) is 0 Å². The molecule has 0 aliphatic heterocycles. The maximum absolute atomic E-state index is 9.38. The molecule has 0 fully saturated rings. The summed E-state index contributed by atoms with van der Waals surface area (Å²) in [5, 5.41) is 9.38. The summed E-state index contributed by atoms with van der Waals surface area (Å²) in [4.78, 5) is 0. The molecule has 0 aromatic heterocycles. The maximum Gasteiger partial charge on any atom is 0.0753 e. The molecule has 1 heteroatoms. The summed E-state index contributed by atoms with van der Waals surface area (Å²) in [6.07, 6.45) is 7.82. The van der Waals surface area contributed by atoms with Crippen LogP contribution in [0.2, 0.25) is 0 Å². The van der Waals surface area contributed by atoms with Crippen molar-refractivity contribution in [1.29, 1.82) is 0 Å². The second-order valence-electron chi connectivity index (χ2n) is 2.72. The molecule has 0 amide bonds. The number of aliphatic hydroxyl groups excluding tert-OH is 1. The number of hydrogen-bond donors (Lipinski definition) is 1. The first kappa shape index (κ1) is 7.55. The fourth-order valence-corrected chi connectivity index (χ4v) is 1.31. The summed E-state index contributed by atoms with van der Waals surface area (Å²) >= 11 is 0. The minimum atomic E-state index is -0.188. The third-order valence-corrected chi connectivity index (χ3v) is 1.90. The summed E-state index contributed by atoms with van der Waals surface area (Å²) < 4.78 is 0. The lowest BCUT2D eigenvalue weighted by Gasteiger charge is -2.17. The van der Waals surface area contributed by atoms with Crippen molar-refractivity contribution >= 4 is 0 Å². The van der Waals surface area contributed by atoms with Crippen LogP contribution in [-0.2, 0) is 0 Å². The van der Waals surface area contributed by atoms with Crippen LogP contribution >= 0.6 is 0 Å². The molecule has 0 aromatic rings. The van der Waals surface area contributed by atoms with E-state index in [-0.39, 0.29) is 6.10 Å². The third kappa shape index (κ3) is 1.71. The van der Waals surface area contributed by atoms with Gasteiger partial charge in [-0.15, -0.1) is 6.58 Å². The van der Waals surface area contributed by atoms with Gasteiger partial charge < -0.3 is 5.11 Å². The Bertz CT molecular complexity index is 147. The van der Waals surface area contributed by atoms with E-state index in [1.807, 2.05) is 6.08 Å². The first-order valence-corrected chi connectivity index (χ1v) is 3.82. The average molecular weight is 138 g/mol. The van der Waals surface area contributed by atoms with Gasteiger partial charge in [-0.2, -0.15) is 0 Å². The average Bonchev–Trinajstić information content (AvgIpc) is 1.94. The predicted octanol–water partition coefficient (Wildman–Crippen LogP) is 2.03. The van der Waals surface area contributed by atoms with Crippen molar-refractivity contribution in [3.8, 4) is 0 Å². The molecule has 0 aromatic carbocycles. The zero-order valence-corrected chi connectivity index (χ0v) is 6.21. The maximum atomic E-state index is 9.38. The van der Waals surface area contributed by atoms with Gasteiger partial charge in [0, 0.05) is 0 Å². The van der Waals surface area contributed by atoms with Crippen molar-refractivity contribution in [1.82, 2.24) is 0 Å². The highest BCUT2D eigenvalue weighted by Crippen LogP contribution is 2.20. The lowest BCUT2D eigenvalue weighted by atomic mass is 9.94. The smallest absolute Gasteiger partial charge is 0.0753 e. The van der Waals surface area contributed by atoms with Crippen molar-refractivity contribution < 1.29 is 5.11 Å². The van der Waals surface area contributed by atoms with E-state index in [0.29, 0.717) is 0 Å². The number of hydrogen-bond acceptors (Lipinski definition) is 1. The molecule has 1 atom stereocenters. The summed E-state index contributed by atoms with van der Waals surface area (Å²) in [5.41, 5.74) is 1.15. The lowest BCUT2D eigenvalue weighted by molar-refractivity contribution is 0.189. The van der Waals surface area contributed by atoms with Crippen LogP contribution in [0.3, 0.4) is 0 Å². The van der Waals surface area contributed by atoms with Crippen LogP contribution in [0.5, 0.6) is 0 Å². The molecular formula is C9H14O.